The molecular formula is C17H18OSi. The van der Waals surface area contributed by atoms with Gasteiger partial charge in [0.15, 0.2) is 0 Å². The van der Waals surface area contributed by atoms with Gasteiger partial charge in [0.25, 0.3) is 0 Å². The summed E-state index contributed by atoms with van der Waals surface area (Å²) in [6.07, 6.45) is 0. The van der Waals surface area contributed by atoms with Crippen molar-refractivity contribution in [3.8, 4) is 11.5 Å². The van der Waals surface area contributed by atoms with E-state index in [0.29, 0.717) is 0 Å². The van der Waals surface area contributed by atoms with Gasteiger partial charge in [-0.1, -0.05) is 60.7 Å². The zero-order valence-electron chi connectivity index (χ0n) is 11.4. The summed E-state index contributed by atoms with van der Waals surface area (Å²) in [5.74, 6) is 2.93. The van der Waals surface area contributed by atoms with Crippen LogP contribution in [-0.2, 0) is 10.0 Å². The molecule has 0 bridgehead atoms. The van der Waals surface area contributed by atoms with Gasteiger partial charge in [0, 0.05) is 0 Å². The molecule has 0 amide bonds. The second kappa shape index (κ2) is 6.37. The van der Waals surface area contributed by atoms with E-state index in [2.05, 4.69) is 42.7 Å². The average Bonchev–Trinajstić information content (AvgIpc) is 2.49. The fourth-order valence-corrected chi connectivity index (χ4v) is 2.94. The highest BCUT2D eigenvalue weighted by atomic mass is 28.2. The Kier molecular flexibility index (Phi) is 4.56. The summed E-state index contributed by atoms with van der Waals surface area (Å²) in [6.45, 7) is 3.99. The van der Waals surface area contributed by atoms with Gasteiger partial charge < -0.3 is 4.43 Å². The first-order valence-corrected chi connectivity index (χ1v) is 7.70. The molecule has 0 heterocycles. The lowest BCUT2D eigenvalue weighted by molar-refractivity contribution is 0.144. The van der Waals surface area contributed by atoms with E-state index in [0.717, 1.165) is 0 Å². The van der Waals surface area contributed by atoms with Gasteiger partial charge in [-0.3, -0.25) is 0 Å². The Morgan fingerprint density at radius 1 is 0.895 bits per heavy atom. The molecule has 96 valence electrons. The van der Waals surface area contributed by atoms with Crippen molar-refractivity contribution >= 4 is 9.76 Å². The van der Waals surface area contributed by atoms with Crippen LogP contribution in [0.2, 0.25) is 0 Å². The molecule has 0 saturated carbocycles. The molecular weight excluding hydrogens is 248 g/mol. The molecule has 2 heteroatoms. The second-order valence-electron chi connectivity index (χ2n) is 4.48. The molecule has 0 saturated heterocycles. The van der Waals surface area contributed by atoms with Gasteiger partial charge in [-0.15, -0.1) is 11.5 Å². The summed E-state index contributed by atoms with van der Waals surface area (Å²) < 4.78 is 6.21. The standard InChI is InChI=1S/C17H18OSi/c1-3-14-19-18-17(2,15-10-6-4-7-11-15)16-12-8-5-9-13-16/h4-13H,19H2,1-2H3. The smallest absolute Gasteiger partial charge is 0.242 e. The van der Waals surface area contributed by atoms with E-state index in [1.54, 1.807) is 0 Å². The summed E-state index contributed by atoms with van der Waals surface area (Å²) in [5, 5.41) is 0. The minimum atomic E-state index is -0.842. The molecule has 0 N–H and O–H groups in total. The van der Waals surface area contributed by atoms with Crippen molar-refractivity contribution in [3.05, 3.63) is 71.8 Å². The van der Waals surface area contributed by atoms with Crippen LogP contribution in [0.15, 0.2) is 60.7 Å². The quantitative estimate of drug-likeness (QED) is 0.610. The number of hydrogen-bond donors (Lipinski definition) is 0. The normalized spacial score (nSPS) is 11.3. The molecule has 0 aromatic heterocycles. The van der Waals surface area contributed by atoms with E-state index in [9.17, 15) is 0 Å². The van der Waals surface area contributed by atoms with Crippen molar-refractivity contribution in [2.75, 3.05) is 0 Å². The zero-order valence-corrected chi connectivity index (χ0v) is 12.8. The lowest BCUT2D eigenvalue weighted by Gasteiger charge is -2.31. The van der Waals surface area contributed by atoms with Crippen LogP contribution < -0.4 is 0 Å². The summed E-state index contributed by atoms with van der Waals surface area (Å²) in [4.78, 5) is 0. The summed E-state index contributed by atoms with van der Waals surface area (Å²) in [5.41, 5.74) is 5.05. The Labute approximate surface area is 117 Å². The van der Waals surface area contributed by atoms with Gasteiger partial charge in [0.2, 0.25) is 9.76 Å². The van der Waals surface area contributed by atoms with Gasteiger partial charge >= 0.3 is 0 Å². The molecule has 0 fully saturated rings. The average molecular weight is 266 g/mol. The van der Waals surface area contributed by atoms with Crippen LogP contribution in [-0.4, -0.2) is 9.76 Å². The van der Waals surface area contributed by atoms with Crippen molar-refractivity contribution in [2.24, 2.45) is 0 Å². The minimum Gasteiger partial charge on any atom is -0.398 e. The number of rotatable bonds is 4. The van der Waals surface area contributed by atoms with Crippen molar-refractivity contribution < 1.29 is 4.43 Å². The first-order chi connectivity index (χ1) is 9.27. The molecule has 0 aliphatic carbocycles. The third-order valence-corrected chi connectivity index (χ3v) is 4.48. The van der Waals surface area contributed by atoms with Gasteiger partial charge in [0.05, 0.1) is 0 Å². The molecule has 0 aliphatic heterocycles. The zero-order chi connectivity index (χ0) is 13.6. The topological polar surface area (TPSA) is 9.23 Å². The van der Waals surface area contributed by atoms with Gasteiger partial charge in [-0.25, -0.2) is 0 Å². The summed E-state index contributed by atoms with van der Waals surface area (Å²) in [7, 11) is -0.842. The molecule has 2 aromatic carbocycles. The Hall–Kier alpha value is -1.82. The van der Waals surface area contributed by atoms with Gasteiger partial charge in [-0.05, 0) is 25.0 Å². The first-order valence-electron chi connectivity index (χ1n) is 6.42. The van der Waals surface area contributed by atoms with E-state index in [1.807, 2.05) is 43.3 Å². The van der Waals surface area contributed by atoms with E-state index in [1.165, 1.54) is 11.1 Å². The van der Waals surface area contributed by atoms with E-state index in [-0.39, 0.29) is 0 Å². The van der Waals surface area contributed by atoms with Crippen molar-refractivity contribution in [3.63, 3.8) is 0 Å². The highest BCUT2D eigenvalue weighted by molar-refractivity contribution is 6.38. The fraction of sp³-hybridized carbons (Fsp3) is 0.176. The van der Waals surface area contributed by atoms with Crippen molar-refractivity contribution in [1.82, 2.24) is 0 Å². The van der Waals surface area contributed by atoms with Crippen LogP contribution >= 0.6 is 0 Å². The van der Waals surface area contributed by atoms with Crippen LogP contribution in [0.3, 0.4) is 0 Å². The molecule has 0 unspecified atom stereocenters. The maximum atomic E-state index is 6.21. The molecule has 0 atom stereocenters. The summed E-state index contributed by atoms with van der Waals surface area (Å²) in [6, 6.07) is 20.7. The van der Waals surface area contributed by atoms with Crippen LogP contribution in [0.1, 0.15) is 25.0 Å². The van der Waals surface area contributed by atoms with Crippen LogP contribution in [0.4, 0.5) is 0 Å². The number of benzene rings is 2. The third-order valence-electron chi connectivity index (χ3n) is 3.26. The van der Waals surface area contributed by atoms with Crippen LogP contribution in [0, 0.1) is 11.5 Å². The highest BCUT2D eigenvalue weighted by Gasteiger charge is 2.28. The minimum absolute atomic E-state index is 0.404. The second-order valence-corrected chi connectivity index (χ2v) is 5.41. The Bertz CT molecular complexity index is 527. The Balaban J connectivity index is 2.40. The van der Waals surface area contributed by atoms with Crippen molar-refractivity contribution in [1.29, 1.82) is 0 Å². The molecule has 19 heavy (non-hydrogen) atoms. The highest BCUT2D eigenvalue weighted by Crippen LogP contribution is 2.32. The maximum absolute atomic E-state index is 6.21. The van der Waals surface area contributed by atoms with Gasteiger partial charge in [-0.2, -0.15) is 0 Å². The lowest BCUT2D eigenvalue weighted by atomic mass is 9.88. The van der Waals surface area contributed by atoms with E-state index in [4.69, 9.17) is 4.43 Å². The number of hydrogen-bond acceptors (Lipinski definition) is 1. The SMILES string of the molecule is CC#C[SiH2]OC(C)(c1ccccc1)c1ccccc1. The molecule has 0 spiro atoms. The predicted octanol–water partition coefficient (Wildman–Crippen LogP) is 3.03. The van der Waals surface area contributed by atoms with Crippen LogP contribution in [0.5, 0.6) is 0 Å². The molecule has 2 aromatic rings. The summed E-state index contributed by atoms with van der Waals surface area (Å²) >= 11 is 0. The van der Waals surface area contributed by atoms with Crippen LogP contribution in [0.25, 0.3) is 0 Å². The molecule has 2 rings (SSSR count). The maximum Gasteiger partial charge on any atom is 0.242 e. The largest absolute Gasteiger partial charge is 0.398 e. The Morgan fingerprint density at radius 2 is 1.37 bits per heavy atom. The molecule has 0 aliphatic rings. The van der Waals surface area contributed by atoms with E-state index < -0.39 is 15.4 Å². The fourth-order valence-electron chi connectivity index (χ4n) is 2.10. The lowest BCUT2D eigenvalue weighted by Crippen LogP contribution is -2.29. The monoisotopic (exact) mass is 266 g/mol. The van der Waals surface area contributed by atoms with E-state index >= 15 is 0 Å². The predicted molar refractivity (Wildman–Crippen MR) is 82.4 cm³/mol. The first kappa shape index (κ1) is 13.6. The molecule has 0 radical (unpaired) electrons. The third kappa shape index (κ3) is 3.14. The van der Waals surface area contributed by atoms with Gasteiger partial charge in [0.1, 0.15) is 5.60 Å². The van der Waals surface area contributed by atoms with Crippen molar-refractivity contribution in [2.45, 2.75) is 19.4 Å². The Morgan fingerprint density at radius 3 is 1.79 bits per heavy atom. The molecule has 1 nitrogen and oxygen atoms in total.